The van der Waals surface area contributed by atoms with Crippen molar-refractivity contribution < 1.29 is 14.3 Å². The van der Waals surface area contributed by atoms with Crippen molar-refractivity contribution in [3.05, 3.63) is 59.2 Å². The number of ether oxygens (including phenoxy) is 2. The van der Waals surface area contributed by atoms with Gasteiger partial charge in [0, 0.05) is 19.2 Å². The molecule has 7 nitrogen and oxygen atoms in total. The lowest BCUT2D eigenvalue weighted by molar-refractivity contribution is 0.105. The minimum Gasteiger partial charge on any atom is -0.497 e. The van der Waals surface area contributed by atoms with Gasteiger partial charge in [-0.15, -0.1) is 0 Å². The number of nitrogens with zero attached hydrogens (tertiary/aromatic N) is 2. The van der Waals surface area contributed by atoms with E-state index < -0.39 is 5.78 Å². The number of nitrogen functional groups attached to an aromatic ring is 1. The molecule has 0 saturated heterocycles. The van der Waals surface area contributed by atoms with Crippen LogP contribution in [0.25, 0.3) is 11.1 Å². The monoisotopic (exact) mass is 436 g/mol. The number of Topliss-reactive ketones (excluding diaryl/α,β-unsaturated/α-hetero) is 1. The number of nitrogens with two attached hydrogens (primary N) is 1. The fraction of sp³-hybridized carbons (Fsp3) is 0.174. The van der Waals surface area contributed by atoms with Gasteiger partial charge in [-0.2, -0.15) is 4.98 Å². The summed E-state index contributed by atoms with van der Waals surface area (Å²) in [6.07, 6.45) is 0.422. The number of carbonyl (C=O) groups is 1. The van der Waals surface area contributed by atoms with E-state index in [4.69, 9.17) is 26.8 Å². The molecule has 8 heteroatoms. The highest BCUT2D eigenvalue weighted by Crippen LogP contribution is 2.28. The number of halogens is 1. The number of ketones is 1. The SMILES string of the molecule is COCCC#CC(=O)c1c(Cl)nc(N)nc1Nc1ccc(-c2ccc(OC)cc2)cc1. The maximum absolute atomic E-state index is 12.6. The molecule has 3 N–H and O–H groups in total. The Hall–Kier alpha value is -3.60. The molecule has 2 aromatic carbocycles. The Morgan fingerprint density at radius 3 is 2.32 bits per heavy atom. The molecule has 0 spiro atoms. The van der Waals surface area contributed by atoms with Gasteiger partial charge in [0.05, 0.1) is 13.7 Å². The first-order valence-corrected chi connectivity index (χ1v) is 9.76. The smallest absolute Gasteiger partial charge is 0.242 e. The van der Waals surface area contributed by atoms with E-state index in [2.05, 4.69) is 27.1 Å². The van der Waals surface area contributed by atoms with Crippen LogP contribution in [0.3, 0.4) is 0 Å². The Bertz CT molecular complexity index is 1120. The molecular weight excluding hydrogens is 416 g/mol. The molecular formula is C23H21ClN4O3. The van der Waals surface area contributed by atoms with E-state index in [9.17, 15) is 4.79 Å². The van der Waals surface area contributed by atoms with Crippen LogP contribution in [-0.2, 0) is 4.74 Å². The molecule has 0 radical (unpaired) electrons. The van der Waals surface area contributed by atoms with Crippen molar-refractivity contribution in [1.29, 1.82) is 0 Å². The number of carbonyl (C=O) groups excluding carboxylic acids is 1. The highest BCUT2D eigenvalue weighted by Gasteiger charge is 2.18. The summed E-state index contributed by atoms with van der Waals surface area (Å²) in [6.45, 7) is 0.428. The van der Waals surface area contributed by atoms with E-state index in [0.717, 1.165) is 16.9 Å². The molecule has 0 saturated carbocycles. The first kappa shape index (κ1) is 22.1. The van der Waals surface area contributed by atoms with E-state index in [1.54, 1.807) is 14.2 Å². The number of benzene rings is 2. The number of anilines is 3. The molecule has 3 aromatic rings. The Kier molecular flexibility index (Phi) is 7.44. The predicted molar refractivity (Wildman–Crippen MR) is 122 cm³/mol. The van der Waals surface area contributed by atoms with Gasteiger partial charge < -0.3 is 20.5 Å². The lowest BCUT2D eigenvalue weighted by Crippen LogP contribution is -2.09. The molecule has 0 aliphatic heterocycles. The molecule has 0 bridgehead atoms. The number of nitrogens with one attached hydrogen (secondary N) is 1. The highest BCUT2D eigenvalue weighted by atomic mass is 35.5. The molecule has 0 fully saturated rings. The standard InChI is InChI=1S/C23H21ClN4O3/c1-30-14-4-3-5-19(29)20-21(24)27-23(25)28-22(20)26-17-10-6-15(7-11-17)16-8-12-18(31-2)13-9-16/h6-13H,4,14H2,1-2H3,(H3,25,26,27,28). The zero-order valence-electron chi connectivity index (χ0n) is 17.1. The van der Waals surface area contributed by atoms with Gasteiger partial charge in [-0.05, 0) is 41.3 Å². The van der Waals surface area contributed by atoms with Crippen LogP contribution >= 0.6 is 11.6 Å². The van der Waals surface area contributed by atoms with Gasteiger partial charge in [-0.3, -0.25) is 4.79 Å². The molecule has 0 unspecified atom stereocenters. The second-order valence-corrected chi connectivity index (χ2v) is 6.76. The van der Waals surface area contributed by atoms with Crippen molar-refractivity contribution >= 4 is 34.8 Å². The van der Waals surface area contributed by atoms with E-state index in [-0.39, 0.29) is 22.5 Å². The third kappa shape index (κ3) is 5.72. The summed E-state index contributed by atoms with van der Waals surface area (Å²) in [4.78, 5) is 20.6. The maximum Gasteiger partial charge on any atom is 0.242 e. The molecule has 1 heterocycles. The molecule has 158 valence electrons. The number of hydrogen-bond acceptors (Lipinski definition) is 7. The van der Waals surface area contributed by atoms with Gasteiger partial charge in [-0.25, -0.2) is 4.98 Å². The average Bonchev–Trinajstić information content (AvgIpc) is 2.77. The van der Waals surface area contributed by atoms with Gasteiger partial charge in [0.2, 0.25) is 11.7 Å². The van der Waals surface area contributed by atoms with Gasteiger partial charge in [0.15, 0.2) is 0 Å². The maximum atomic E-state index is 12.6. The van der Waals surface area contributed by atoms with E-state index in [0.29, 0.717) is 18.7 Å². The highest BCUT2D eigenvalue weighted by molar-refractivity contribution is 6.35. The summed E-state index contributed by atoms with van der Waals surface area (Å²) in [5.74, 6) is 5.72. The zero-order chi connectivity index (χ0) is 22.2. The van der Waals surface area contributed by atoms with Crippen LogP contribution in [-0.4, -0.2) is 36.6 Å². The Morgan fingerprint density at radius 1 is 1.06 bits per heavy atom. The number of rotatable bonds is 7. The van der Waals surface area contributed by atoms with Crippen molar-refractivity contribution in [1.82, 2.24) is 9.97 Å². The third-order valence-corrected chi connectivity index (χ3v) is 4.59. The fourth-order valence-electron chi connectivity index (χ4n) is 2.77. The van der Waals surface area contributed by atoms with Crippen LogP contribution in [0.4, 0.5) is 17.5 Å². The van der Waals surface area contributed by atoms with Gasteiger partial charge in [-0.1, -0.05) is 41.8 Å². The zero-order valence-corrected chi connectivity index (χ0v) is 17.9. The minimum atomic E-state index is -0.501. The topological polar surface area (TPSA) is 99.4 Å². The first-order valence-electron chi connectivity index (χ1n) is 9.38. The largest absolute Gasteiger partial charge is 0.497 e. The van der Waals surface area contributed by atoms with E-state index >= 15 is 0 Å². The second-order valence-electron chi connectivity index (χ2n) is 6.40. The van der Waals surface area contributed by atoms with E-state index in [1.807, 2.05) is 48.5 Å². The lowest BCUT2D eigenvalue weighted by Gasteiger charge is -2.11. The summed E-state index contributed by atoms with van der Waals surface area (Å²) in [7, 11) is 3.20. The molecule has 0 aliphatic carbocycles. The molecule has 0 atom stereocenters. The van der Waals surface area contributed by atoms with Gasteiger partial charge in [0.1, 0.15) is 22.3 Å². The number of aromatic nitrogens is 2. The summed E-state index contributed by atoms with van der Waals surface area (Å²) in [5.41, 5.74) is 8.56. The van der Waals surface area contributed by atoms with Crippen LogP contribution < -0.4 is 15.8 Å². The Balaban J connectivity index is 1.84. The lowest BCUT2D eigenvalue weighted by atomic mass is 10.1. The Labute approximate surface area is 185 Å². The summed E-state index contributed by atoms with van der Waals surface area (Å²) < 4.78 is 10.1. The fourth-order valence-corrected chi connectivity index (χ4v) is 3.03. The van der Waals surface area contributed by atoms with Crippen molar-refractivity contribution in [2.24, 2.45) is 0 Å². The number of methoxy groups -OCH3 is 2. The second kappa shape index (κ2) is 10.4. The van der Waals surface area contributed by atoms with Gasteiger partial charge in [0.25, 0.3) is 0 Å². The van der Waals surface area contributed by atoms with Crippen LogP contribution in [0.15, 0.2) is 48.5 Å². The van der Waals surface area contributed by atoms with Crippen molar-refractivity contribution in [2.75, 3.05) is 31.9 Å². The number of hydrogen-bond donors (Lipinski definition) is 2. The summed E-state index contributed by atoms with van der Waals surface area (Å²) >= 11 is 6.17. The Morgan fingerprint density at radius 2 is 1.71 bits per heavy atom. The molecule has 0 aliphatic rings. The average molecular weight is 437 g/mol. The van der Waals surface area contributed by atoms with E-state index in [1.165, 1.54) is 0 Å². The normalized spacial score (nSPS) is 10.2. The van der Waals surface area contributed by atoms with Gasteiger partial charge >= 0.3 is 0 Å². The quantitative estimate of drug-likeness (QED) is 0.187. The van der Waals surface area contributed by atoms with Crippen LogP contribution in [0.2, 0.25) is 5.15 Å². The van der Waals surface area contributed by atoms with Crippen LogP contribution in [0.5, 0.6) is 5.75 Å². The predicted octanol–water partition coefficient (Wildman–Crippen LogP) is 4.35. The van der Waals surface area contributed by atoms with Crippen molar-refractivity contribution in [2.45, 2.75) is 6.42 Å². The summed E-state index contributed by atoms with van der Waals surface area (Å²) in [6, 6.07) is 15.4. The third-order valence-electron chi connectivity index (χ3n) is 4.31. The molecule has 0 amide bonds. The van der Waals surface area contributed by atoms with Crippen LogP contribution in [0.1, 0.15) is 16.8 Å². The molecule has 3 rings (SSSR count). The summed E-state index contributed by atoms with van der Waals surface area (Å²) in [5, 5.41) is 3.03. The van der Waals surface area contributed by atoms with Crippen molar-refractivity contribution in [3.8, 4) is 28.7 Å². The molecule has 31 heavy (non-hydrogen) atoms. The van der Waals surface area contributed by atoms with Crippen LogP contribution in [0, 0.1) is 11.8 Å². The molecule has 1 aromatic heterocycles. The first-order chi connectivity index (χ1) is 15.0. The minimum absolute atomic E-state index is 0.0498. The van der Waals surface area contributed by atoms with Crippen molar-refractivity contribution in [3.63, 3.8) is 0 Å².